The van der Waals surface area contributed by atoms with Crippen LogP contribution in [0.5, 0.6) is 5.75 Å². The van der Waals surface area contributed by atoms with E-state index in [0.29, 0.717) is 39.7 Å². The van der Waals surface area contributed by atoms with Gasteiger partial charge in [-0.3, -0.25) is 9.59 Å². The molecule has 3 aliphatic heterocycles. The number of hydrogen-bond donors (Lipinski definition) is 3. The fourth-order valence-electron chi connectivity index (χ4n) is 6.89. The topological polar surface area (TPSA) is 140 Å². The normalized spacial score (nSPS) is 23.8. The molecule has 4 bridgehead atoms. The Morgan fingerprint density at radius 3 is 2.61 bits per heavy atom. The van der Waals surface area contributed by atoms with Gasteiger partial charge in [0.05, 0.1) is 5.69 Å². The summed E-state index contributed by atoms with van der Waals surface area (Å²) in [6, 6.07) is 9.40. The van der Waals surface area contributed by atoms with Crippen LogP contribution < -0.4 is 15.4 Å². The van der Waals surface area contributed by atoms with E-state index in [0.717, 1.165) is 5.56 Å². The average Bonchev–Trinajstić information content (AvgIpc) is 3.75. The first-order valence-corrected chi connectivity index (χ1v) is 15.6. The first kappa shape index (κ1) is 30.2. The lowest BCUT2D eigenvalue weighted by atomic mass is 9.72. The number of aliphatic hydroxyl groups excluding tert-OH is 1. The Labute approximate surface area is 265 Å². The SMILES string of the molecule is Cc1coc(-c2nc3oc2[C@@]24c5cc(F)ccc5NC2Oc2ccc(cc24)C[C@H](CC(=O)[C@@H](O)C(C)C)C(=O)N[C@H]3C(C)(C)C)n1. The summed E-state index contributed by atoms with van der Waals surface area (Å²) in [5.74, 6) is -0.969. The van der Waals surface area contributed by atoms with Crippen molar-refractivity contribution in [2.75, 3.05) is 5.32 Å². The van der Waals surface area contributed by atoms with Crippen LogP contribution in [0.15, 0.2) is 51.5 Å². The molecular formula is C35H37FN4O6. The van der Waals surface area contributed by atoms with Gasteiger partial charge in [-0.1, -0.05) is 46.8 Å². The summed E-state index contributed by atoms with van der Waals surface area (Å²) in [5.41, 5.74) is 1.86. The number of carbonyl (C=O) groups is 2. The molecule has 5 heterocycles. The fourth-order valence-corrected chi connectivity index (χ4v) is 6.89. The van der Waals surface area contributed by atoms with Gasteiger partial charge in [-0.15, -0.1) is 0 Å². The summed E-state index contributed by atoms with van der Waals surface area (Å²) < 4.78 is 34.3. The first-order chi connectivity index (χ1) is 21.8. The number of Topliss-reactive ketones (excluding diaryl/α,β-unsaturated/α-hetero) is 1. The Morgan fingerprint density at radius 2 is 1.91 bits per heavy atom. The summed E-state index contributed by atoms with van der Waals surface area (Å²) in [4.78, 5) is 36.8. The summed E-state index contributed by atoms with van der Waals surface area (Å²) in [7, 11) is 0. The van der Waals surface area contributed by atoms with E-state index >= 15 is 4.39 Å². The molecular weight excluding hydrogens is 591 g/mol. The fraction of sp³-hybridized carbons (Fsp3) is 0.429. The van der Waals surface area contributed by atoms with E-state index in [1.54, 1.807) is 26.8 Å². The molecule has 1 spiro atoms. The van der Waals surface area contributed by atoms with Gasteiger partial charge in [-0.2, -0.15) is 0 Å². The van der Waals surface area contributed by atoms with Crippen molar-refractivity contribution in [3.05, 3.63) is 82.5 Å². The number of carbonyl (C=O) groups excluding carboxylic acids is 2. The van der Waals surface area contributed by atoms with E-state index in [9.17, 15) is 14.7 Å². The zero-order valence-corrected chi connectivity index (χ0v) is 26.6. The van der Waals surface area contributed by atoms with Gasteiger partial charge in [0.25, 0.3) is 0 Å². The molecule has 2 aromatic carbocycles. The smallest absolute Gasteiger partial charge is 0.249 e. The van der Waals surface area contributed by atoms with E-state index in [4.69, 9.17) is 18.6 Å². The molecule has 46 heavy (non-hydrogen) atoms. The van der Waals surface area contributed by atoms with Crippen LogP contribution in [0.25, 0.3) is 11.6 Å². The molecule has 0 aliphatic carbocycles. The van der Waals surface area contributed by atoms with Gasteiger partial charge in [-0.25, -0.2) is 14.4 Å². The van der Waals surface area contributed by atoms with Gasteiger partial charge in [0.2, 0.25) is 17.7 Å². The lowest BCUT2D eigenvalue weighted by molar-refractivity contribution is -0.135. The largest absolute Gasteiger partial charge is 0.469 e. The maximum Gasteiger partial charge on any atom is 0.249 e. The van der Waals surface area contributed by atoms with Crippen molar-refractivity contribution in [2.24, 2.45) is 17.3 Å². The van der Waals surface area contributed by atoms with Crippen LogP contribution >= 0.6 is 0 Å². The number of nitrogens with one attached hydrogen (secondary N) is 2. The molecule has 3 aliphatic rings. The van der Waals surface area contributed by atoms with Crippen LogP contribution in [0.2, 0.25) is 0 Å². The highest BCUT2D eigenvalue weighted by atomic mass is 19.1. The molecule has 0 saturated heterocycles. The first-order valence-electron chi connectivity index (χ1n) is 15.6. The van der Waals surface area contributed by atoms with Crippen LogP contribution in [0, 0.1) is 30.0 Å². The lowest BCUT2D eigenvalue weighted by Crippen LogP contribution is -2.42. The molecule has 1 amide bonds. The van der Waals surface area contributed by atoms with Gasteiger partial charge in [0, 0.05) is 29.2 Å². The molecule has 4 aromatic rings. The van der Waals surface area contributed by atoms with E-state index < -0.39 is 46.7 Å². The number of benzene rings is 2. The highest BCUT2D eigenvalue weighted by Crippen LogP contribution is 2.59. The maximum absolute atomic E-state index is 15.1. The van der Waals surface area contributed by atoms with Gasteiger partial charge >= 0.3 is 0 Å². The molecule has 11 heteroatoms. The third-order valence-electron chi connectivity index (χ3n) is 9.28. The number of amides is 1. The van der Waals surface area contributed by atoms with Crippen LogP contribution in [-0.4, -0.2) is 39.1 Å². The minimum absolute atomic E-state index is 0.156. The van der Waals surface area contributed by atoms with Gasteiger partial charge in [-0.05, 0) is 54.5 Å². The van der Waals surface area contributed by atoms with E-state index in [1.165, 1.54) is 18.4 Å². The minimum atomic E-state index is -1.21. The second-order valence-corrected chi connectivity index (χ2v) is 14.1. The average molecular weight is 629 g/mol. The van der Waals surface area contributed by atoms with Crippen molar-refractivity contribution in [1.82, 2.24) is 15.3 Å². The number of aryl methyl sites for hydroxylation is 1. The van der Waals surface area contributed by atoms with Gasteiger partial charge in [0.1, 0.15) is 35.4 Å². The predicted molar refractivity (Wildman–Crippen MR) is 166 cm³/mol. The van der Waals surface area contributed by atoms with E-state index in [1.807, 2.05) is 39.0 Å². The number of halogens is 1. The Balaban J connectivity index is 1.51. The number of nitrogens with zero attached hydrogens (tertiary/aromatic N) is 2. The Bertz CT molecular complexity index is 1870. The zero-order valence-electron chi connectivity index (χ0n) is 26.6. The standard InChI is InChI=1S/C35H37FN4O6/c1-16(2)27(42)24(41)13-19-11-18-7-10-25-22(12-18)35(21-14-20(36)8-9-23(21)38-33(35)45-25)29-26(31-37-17(3)15-44-31)39-32(46-29)28(34(4,5)6)40-30(19)43/h7-10,12,14-16,19,27-28,33,38,42H,11,13H2,1-6H3,(H,40,43)/t19-,27+,28-,33?,35+/m1/s1. The van der Waals surface area contributed by atoms with Crippen LogP contribution in [0.3, 0.4) is 0 Å². The number of hydrogen-bond acceptors (Lipinski definition) is 9. The molecule has 0 saturated carbocycles. The summed E-state index contributed by atoms with van der Waals surface area (Å²) in [5, 5.41) is 17.1. The number of aromatic nitrogens is 2. The summed E-state index contributed by atoms with van der Waals surface area (Å²) >= 11 is 0. The minimum Gasteiger partial charge on any atom is -0.469 e. The molecule has 5 atom stereocenters. The van der Waals surface area contributed by atoms with Crippen molar-refractivity contribution >= 4 is 17.4 Å². The number of fused-ring (bicyclic) bond motifs is 4. The molecule has 240 valence electrons. The zero-order chi connectivity index (χ0) is 32.7. The van der Waals surface area contributed by atoms with E-state index in [2.05, 4.69) is 15.6 Å². The summed E-state index contributed by atoms with van der Waals surface area (Å²) in [6.45, 7) is 11.2. The molecule has 0 radical (unpaired) electrons. The van der Waals surface area contributed by atoms with Gasteiger partial charge in [0.15, 0.2) is 23.5 Å². The van der Waals surface area contributed by atoms with Crippen molar-refractivity contribution in [3.8, 4) is 17.3 Å². The van der Waals surface area contributed by atoms with Crippen molar-refractivity contribution in [3.63, 3.8) is 0 Å². The molecule has 10 nitrogen and oxygen atoms in total. The number of ketones is 1. The quantitative estimate of drug-likeness (QED) is 0.257. The number of oxazole rings is 2. The maximum atomic E-state index is 15.1. The Morgan fingerprint density at radius 1 is 1.13 bits per heavy atom. The predicted octanol–water partition coefficient (Wildman–Crippen LogP) is 5.61. The monoisotopic (exact) mass is 628 g/mol. The number of aliphatic hydroxyl groups is 1. The van der Waals surface area contributed by atoms with E-state index in [-0.39, 0.29) is 36.4 Å². The third kappa shape index (κ3) is 4.62. The Kier molecular flexibility index (Phi) is 6.89. The second kappa shape index (κ2) is 10.5. The molecule has 1 unspecified atom stereocenters. The van der Waals surface area contributed by atoms with Crippen molar-refractivity contribution in [2.45, 2.75) is 78.2 Å². The van der Waals surface area contributed by atoms with Crippen molar-refractivity contribution < 1.29 is 32.7 Å². The highest BCUT2D eigenvalue weighted by molar-refractivity contribution is 5.89. The second-order valence-electron chi connectivity index (χ2n) is 14.1. The third-order valence-corrected chi connectivity index (χ3v) is 9.28. The van der Waals surface area contributed by atoms with Gasteiger partial charge < -0.3 is 29.3 Å². The highest BCUT2D eigenvalue weighted by Gasteiger charge is 2.61. The summed E-state index contributed by atoms with van der Waals surface area (Å²) in [6.07, 6.45) is -0.340. The lowest BCUT2D eigenvalue weighted by Gasteiger charge is -2.32. The molecule has 3 N–H and O–H groups in total. The molecule has 2 aromatic heterocycles. The Hall–Kier alpha value is -4.51. The molecule has 0 fully saturated rings. The van der Waals surface area contributed by atoms with Crippen LogP contribution in [0.1, 0.15) is 81.1 Å². The van der Waals surface area contributed by atoms with Crippen LogP contribution in [-0.2, 0) is 21.4 Å². The van der Waals surface area contributed by atoms with Crippen molar-refractivity contribution in [1.29, 1.82) is 0 Å². The number of ether oxygens (including phenoxy) is 1. The number of anilines is 1. The number of rotatable bonds is 5. The van der Waals surface area contributed by atoms with Crippen LogP contribution in [0.4, 0.5) is 10.1 Å². The molecule has 7 rings (SSSR count).